The number of nitrogen functional groups attached to an aromatic ring is 2. The summed E-state index contributed by atoms with van der Waals surface area (Å²) in [5, 5.41) is 10.4. The van der Waals surface area contributed by atoms with Gasteiger partial charge in [0.1, 0.15) is 0 Å². The molecule has 4 amide bonds. The van der Waals surface area contributed by atoms with Crippen molar-refractivity contribution in [2.45, 2.75) is 141 Å². The number of hydrogen-bond donors (Lipinski definition) is 8. The molecule has 2 saturated heterocycles. The Hall–Kier alpha value is -5.05. The van der Waals surface area contributed by atoms with Gasteiger partial charge >= 0.3 is 24.5 Å². The van der Waals surface area contributed by atoms with Crippen LogP contribution >= 0.6 is 140 Å². The van der Waals surface area contributed by atoms with Crippen LogP contribution in [0.25, 0.3) is 0 Å². The number of Topliss-reactive ketones (excluding diaryl/α,β-unsaturated/α-hetero) is 4. The molecule has 6 aromatic carbocycles. The van der Waals surface area contributed by atoms with E-state index in [9.17, 15) is 64.7 Å². The lowest BCUT2D eigenvalue weighted by Gasteiger charge is -2.39. The highest BCUT2D eigenvalue weighted by Crippen LogP contribution is 2.54. The van der Waals surface area contributed by atoms with Crippen molar-refractivity contribution < 1.29 is 74.2 Å². The predicted octanol–water partition coefficient (Wildman–Crippen LogP) is 21.5. The second-order valence-corrected chi connectivity index (χ2v) is 37.4. The molecule has 8 N–H and O–H groups in total. The van der Waals surface area contributed by atoms with Crippen molar-refractivity contribution in [3.05, 3.63) is 170 Å². The summed E-state index contributed by atoms with van der Waals surface area (Å²) in [6.07, 6.45) is -9.35. The van der Waals surface area contributed by atoms with E-state index in [-0.39, 0.29) is 76.6 Å². The average molecular weight is 1910 g/mol. The zero-order chi connectivity index (χ0) is 79.6. The average Bonchev–Trinajstić information content (AvgIpc) is 0.747. The third-order valence-electron chi connectivity index (χ3n) is 15.8. The van der Waals surface area contributed by atoms with Crippen LogP contribution in [0.2, 0.25) is 0 Å². The lowest BCUT2D eigenvalue weighted by molar-refractivity contribution is -0.257. The molecule has 2 atom stereocenters. The molecule has 16 nitrogen and oxygen atoms in total. The maximum atomic E-state index is 13.5. The fourth-order valence-electron chi connectivity index (χ4n) is 9.19. The Balaban J connectivity index is 0.000000269. The maximum absolute atomic E-state index is 13.5. The molecule has 105 heavy (non-hydrogen) atoms. The van der Waals surface area contributed by atoms with Crippen LogP contribution in [0.3, 0.4) is 0 Å². The smallest absolute Gasteiger partial charge is 0.428 e. The minimum absolute atomic E-state index is 0.0129. The monoisotopic (exact) mass is 1910 g/mol. The van der Waals surface area contributed by atoms with Crippen LogP contribution in [0.15, 0.2) is 115 Å². The van der Waals surface area contributed by atoms with E-state index in [0.717, 1.165) is 82.7 Å². The highest BCUT2D eigenvalue weighted by atomic mass is 127. The number of rotatable bonds is 9. The molecule has 0 spiro atoms. The summed E-state index contributed by atoms with van der Waals surface area (Å²) in [5.41, 5.74) is 12.0. The first-order chi connectivity index (χ1) is 48.5. The zero-order valence-electron chi connectivity index (χ0n) is 60.3. The van der Waals surface area contributed by atoms with E-state index in [2.05, 4.69) is 143 Å². The van der Waals surface area contributed by atoms with E-state index in [1.165, 1.54) is 68.5 Å². The SMILES string of the molecule is CC(=O)c1ccc(N)c(I)c1.CC(=O)c1ccc(N)cc1.CC(=O)c1ccc(NC(=O)C(C)(C)C)c(I)c1.CC(=O)c1ccc2c(c1)C(C)(C(F)(F)F)OC(=O)N2.CC(C)(C)C(=O)Nc1ccc(C2(C)SCCCS2)cc1I.CC1(c2ccc3c(c2)C(C)(C(F)(F)F)OC(=O)N3)SCCCS1.SCCS. The first-order valence-corrected chi connectivity index (χ1v) is 40.8. The van der Waals surface area contributed by atoms with Gasteiger partial charge < -0.3 is 31.6 Å². The minimum atomic E-state index is -4.78. The van der Waals surface area contributed by atoms with Gasteiger partial charge in [0.05, 0.1) is 30.9 Å². The highest BCUT2D eigenvalue weighted by molar-refractivity contribution is 14.1. The summed E-state index contributed by atoms with van der Waals surface area (Å²) in [4.78, 5) is 90.7. The molecule has 0 aromatic heterocycles. The van der Waals surface area contributed by atoms with Gasteiger partial charge in [-0.1, -0.05) is 53.7 Å². The van der Waals surface area contributed by atoms with Crippen LogP contribution in [0.1, 0.15) is 173 Å². The summed E-state index contributed by atoms with van der Waals surface area (Å²) in [5.74, 6) is 5.97. The van der Waals surface area contributed by atoms with E-state index < -0.39 is 41.2 Å². The fourth-order valence-corrected chi connectivity index (χ4v) is 16.9. The van der Waals surface area contributed by atoms with Crippen LogP contribution in [0, 0.1) is 21.5 Å². The van der Waals surface area contributed by atoms with E-state index >= 15 is 0 Å². The first-order valence-electron chi connectivity index (χ1n) is 32.3. The summed E-state index contributed by atoms with van der Waals surface area (Å²) < 4.78 is 91.8. The molecule has 6 aromatic rings. The molecule has 0 radical (unpaired) electrons. The summed E-state index contributed by atoms with van der Waals surface area (Å²) >= 11 is 21.7. The van der Waals surface area contributed by atoms with Crippen molar-refractivity contribution >= 4 is 221 Å². The van der Waals surface area contributed by atoms with Gasteiger partial charge in [0.2, 0.25) is 23.0 Å². The normalized spacial score (nSPS) is 17.6. The number of hydrogen-bond acceptors (Lipinski definition) is 18. The van der Waals surface area contributed by atoms with Crippen LogP contribution < -0.4 is 32.7 Å². The van der Waals surface area contributed by atoms with Gasteiger partial charge in [-0.3, -0.25) is 39.4 Å². The number of nitrogens with one attached hydrogen (secondary N) is 4. The quantitative estimate of drug-likeness (QED) is 0.0220. The van der Waals surface area contributed by atoms with Crippen LogP contribution in [0.4, 0.5) is 70.1 Å². The second kappa shape index (κ2) is 39.5. The summed E-state index contributed by atoms with van der Waals surface area (Å²) in [7, 11) is 0. The molecular weight excluding hydrogens is 1820 g/mol. The molecule has 4 aliphatic heterocycles. The molecule has 10 rings (SSSR count). The number of carbonyl (C=O) groups is 8. The first kappa shape index (κ1) is 92.3. The Bertz CT molecular complexity index is 4110. The van der Waals surface area contributed by atoms with Gasteiger partial charge in [-0.2, -0.15) is 51.6 Å². The van der Waals surface area contributed by atoms with Crippen molar-refractivity contribution in [3.8, 4) is 0 Å². The number of nitrogens with two attached hydrogens (primary N) is 2. The summed E-state index contributed by atoms with van der Waals surface area (Å²) in [6.45, 7) is 23.2. The van der Waals surface area contributed by atoms with Crippen molar-refractivity contribution in [2.24, 2.45) is 10.8 Å². The van der Waals surface area contributed by atoms with E-state index in [0.29, 0.717) is 22.4 Å². The zero-order valence-corrected chi connectivity index (χ0v) is 71.8. The van der Waals surface area contributed by atoms with Gasteiger partial charge in [0, 0.05) is 66.3 Å². The number of benzene rings is 6. The Labute approximate surface area is 679 Å². The lowest BCUT2D eigenvalue weighted by Crippen LogP contribution is -2.48. The Morgan fingerprint density at radius 1 is 0.476 bits per heavy atom. The predicted molar refractivity (Wildman–Crippen MR) is 450 cm³/mol. The number of amides is 4. The van der Waals surface area contributed by atoms with Crippen molar-refractivity contribution in [1.29, 1.82) is 0 Å². The molecule has 572 valence electrons. The molecular formula is C74H87F6I3N6O10S6. The third kappa shape index (κ3) is 26.6. The molecule has 4 aliphatic rings. The second-order valence-electron chi connectivity index (χ2n) is 26.4. The van der Waals surface area contributed by atoms with Gasteiger partial charge in [0.15, 0.2) is 23.1 Å². The molecule has 0 saturated carbocycles. The Morgan fingerprint density at radius 3 is 1.16 bits per heavy atom. The topological polar surface area (TPSA) is 255 Å². The maximum Gasteiger partial charge on any atom is 0.432 e. The number of anilines is 6. The van der Waals surface area contributed by atoms with E-state index in [1.807, 2.05) is 78.1 Å². The van der Waals surface area contributed by atoms with Crippen molar-refractivity contribution in [2.75, 3.05) is 67.3 Å². The largest absolute Gasteiger partial charge is 0.432 e. The van der Waals surface area contributed by atoms with Crippen LogP contribution in [-0.2, 0) is 38.4 Å². The van der Waals surface area contributed by atoms with Crippen molar-refractivity contribution in [3.63, 3.8) is 0 Å². The number of fused-ring (bicyclic) bond motifs is 2. The van der Waals surface area contributed by atoms with Gasteiger partial charge in [-0.15, -0.1) is 47.0 Å². The van der Waals surface area contributed by atoms with Gasteiger partial charge in [-0.25, -0.2) is 9.59 Å². The van der Waals surface area contributed by atoms with E-state index in [4.69, 9.17) is 11.5 Å². The van der Waals surface area contributed by atoms with Gasteiger partial charge in [0.25, 0.3) is 0 Å². The number of thioether (sulfide) groups is 4. The van der Waals surface area contributed by atoms with Crippen molar-refractivity contribution in [1.82, 2.24) is 0 Å². The van der Waals surface area contributed by atoms with Gasteiger partial charge in [-0.05, 0) is 285 Å². The fraction of sp³-hybridized carbons (Fsp3) is 0.405. The number of carbonyl (C=O) groups excluding carboxylic acids is 8. The number of alkyl halides is 6. The molecule has 4 heterocycles. The Morgan fingerprint density at radius 2 is 0.800 bits per heavy atom. The standard InChI is InChI=1S/C16H22INOS2.C15H16F3NO2S2.C13H16INO2.C12H10F3NO3.C8H8INO.C8H9NO.C2H6S2/c1-15(2,3)14(19)18-13-7-6-11(10-12(13)17)16(4)20-8-5-9-21-16;1-13(15(16,17)18)10-8-9(14(2)22-6-3-7-23-14)4-5-11(10)19-12(20)21-13;1-8(16)9-5-6-11(10(14)7-9)15-12(17)13(2,3)4;1-6(17)7-3-4-9-8(5-7)11(2,12(13,14)15)19-10(18)16-9;1-5(11)6-2-3-8(10)7(9)4-6;1-6(10)7-2-4-8(9)5-3-7;3-1-2-4/h6-7,10H,5,8-9H2,1-4H3,(H,18,19);4-5,8H,3,6-7H2,1-2H3,(H,19,20);5-7H,1-4H3,(H,15,17);3-5H,1-2H3,(H,16,18);2-4H,10H2,1H3;2-5H,9H2,1H3;3-4H,1-2H2. The molecule has 31 heteroatoms. The number of ketones is 4. The van der Waals surface area contributed by atoms with E-state index in [1.54, 1.807) is 97.2 Å². The van der Waals surface area contributed by atoms with Crippen LogP contribution in [-0.4, -0.2) is 94.0 Å². The molecule has 0 bridgehead atoms. The molecule has 2 fully saturated rings. The number of thiol groups is 2. The molecule has 2 unspecified atom stereocenters. The lowest BCUT2D eigenvalue weighted by atomic mass is 9.90. The third-order valence-corrected chi connectivity index (χ3v) is 25.8. The number of cyclic esters (lactones) is 2. The number of ether oxygens (including phenoxy) is 2. The van der Waals surface area contributed by atoms with Crippen LogP contribution in [0.5, 0.6) is 0 Å². The minimum Gasteiger partial charge on any atom is -0.428 e. The Kier molecular flexibility index (Phi) is 34.8. The number of halogens is 9. The highest BCUT2D eigenvalue weighted by Gasteiger charge is 2.60. The summed E-state index contributed by atoms with van der Waals surface area (Å²) in [6, 6.07) is 32.4. The molecule has 0 aliphatic carbocycles.